The zero-order valence-electron chi connectivity index (χ0n) is 9.04. The Kier molecular flexibility index (Phi) is 7.06. The van der Waals surface area contributed by atoms with Crippen molar-refractivity contribution < 1.29 is 14.6 Å². The Bertz CT molecular complexity index is 202. The van der Waals surface area contributed by atoms with Crippen molar-refractivity contribution in [1.29, 1.82) is 0 Å². The van der Waals surface area contributed by atoms with Crippen molar-refractivity contribution in [2.24, 2.45) is 5.92 Å². The SMILES string of the molecule is COCC(C)CNC/C=C(/C)C(=O)O. The van der Waals surface area contributed by atoms with Gasteiger partial charge in [0.25, 0.3) is 0 Å². The van der Waals surface area contributed by atoms with Crippen molar-refractivity contribution in [3.05, 3.63) is 11.6 Å². The fourth-order valence-electron chi connectivity index (χ4n) is 0.986. The molecule has 14 heavy (non-hydrogen) atoms. The molecule has 4 heteroatoms. The van der Waals surface area contributed by atoms with Crippen LogP contribution in [-0.4, -0.2) is 37.9 Å². The van der Waals surface area contributed by atoms with E-state index in [1.54, 1.807) is 20.1 Å². The largest absolute Gasteiger partial charge is 0.478 e. The van der Waals surface area contributed by atoms with Crippen LogP contribution >= 0.6 is 0 Å². The average Bonchev–Trinajstić information content (AvgIpc) is 2.12. The van der Waals surface area contributed by atoms with Crippen LogP contribution in [0.1, 0.15) is 13.8 Å². The molecule has 0 amide bonds. The summed E-state index contributed by atoms with van der Waals surface area (Å²) in [6.45, 7) is 5.80. The quantitative estimate of drug-likeness (QED) is 0.474. The van der Waals surface area contributed by atoms with Crippen LogP contribution in [0.3, 0.4) is 0 Å². The minimum Gasteiger partial charge on any atom is -0.478 e. The summed E-state index contributed by atoms with van der Waals surface area (Å²) in [7, 11) is 1.67. The summed E-state index contributed by atoms with van der Waals surface area (Å²) >= 11 is 0. The lowest BCUT2D eigenvalue weighted by molar-refractivity contribution is -0.132. The summed E-state index contributed by atoms with van der Waals surface area (Å²) in [5, 5.41) is 11.7. The molecule has 4 nitrogen and oxygen atoms in total. The third-order valence-electron chi connectivity index (χ3n) is 1.83. The second-order valence-electron chi connectivity index (χ2n) is 3.41. The Morgan fingerprint density at radius 2 is 2.29 bits per heavy atom. The highest BCUT2D eigenvalue weighted by atomic mass is 16.5. The Hall–Kier alpha value is -0.870. The van der Waals surface area contributed by atoms with Gasteiger partial charge in [0.1, 0.15) is 0 Å². The Balaban J connectivity index is 3.55. The molecule has 0 aliphatic carbocycles. The molecule has 0 heterocycles. The molecule has 0 aromatic heterocycles. The zero-order chi connectivity index (χ0) is 11.0. The third-order valence-corrected chi connectivity index (χ3v) is 1.83. The van der Waals surface area contributed by atoms with Gasteiger partial charge in [0.15, 0.2) is 0 Å². The van der Waals surface area contributed by atoms with E-state index in [9.17, 15) is 4.79 Å². The van der Waals surface area contributed by atoms with E-state index in [0.29, 0.717) is 24.6 Å². The number of carboxylic acids is 1. The van der Waals surface area contributed by atoms with Crippen LogP contribution in [0.5, 0.6) is 0 Å². The summed E-state index contributed by atoms with van der Waals surface area (Å²) in [4.78, 5) is 10.4. The van der Waals surface area contributed by atoms with Gasteiger partial charge in [0.05, 0.1) is 0 Å². The van der Waals surface area contributed by atoms with E-state index in [1.807, 2.05) is 0 Å². The van der Waals surface area contributed by atoms with E-state index in [2.05, 4.69) is 12.2 Å². The molecule has 0 fully saturated rings. The number of carbonyl (C=O) groups is 1. The molecule has 2 N–H and O–H groups in total. The molecule has 0 saturated carbocycles. The predicted molar refractivity (Wildman–Crippen MR) is 55.3 cm³/mol. The molecule has 0 radical (unpaired) electrons. The number of ether oxygens (including phenoxy) is 1. The predicted octanol–water partition coefficient (Wildman–Crippen LogP) is 0.889. The van der Waals surface area contributed by atoms with E-state index >= 15 is 0 Å². The average molecular weight is 201 g/mol. The molecule has 0 spiro atoms. The first-order valence-corrected chi connectivity index (χ1v) is 4.67. The molecule has 0 aliphatic rings. The van der Waals surface area contributed by atoms with Crippen LogP contribution in [0.25, 0.3) is 0 Å². The highest BCUT2D eigenvalue weighted by molar-refractivity contribution is 5.85. The van der Waals surface area contributed by atoms with Gasteiger partial charge in [-0.15, -0.1) is 0 Å². The molecule has 0 saturated heterocycles. The molecule has 1 atom stereocenters. The van der Waals surface area contributed by atoms with Crippen molar-refractivity contribution >= 4 is 5.97 Å². The number of rotatable bonds is 7. The van der Waals surface area contributed by atoms with Crippen LogP contribution in [0.4, 0.5) is 0 Å². The lowest BCUT2D eigenvalue weighted by Crippen LogP contribution is -2.24. The van der Waals surface area contributed by atoms with Gasteiger partial charge in [-0.05, 0) is 12.8 Å². The number of nitrogens with one attached hydrogen (secondary N) is 1. The van der Waals surface area contributed by atoms with Crippen LogP contribution in [-0.2, 0) is 9.53 Å². The number of hydrogen-bond donors (Lipinski definition) is 2. The highest BCUT2D eigenvalue weighted by Gasteiger charge is 2.00. The van der Waals surface area contributed by atoms with Crippen LogP contribution in [0.15, 0.2) is 11.6 Å². The van der Waals surface area contributed by atoms with Gasteiger partial charge in [0, 0.05) is 32.4 Å². The van der Waals surface area contributed by atoms with Gasteiger partial charge < -0.3 is 15.2 Å². The number of methoxy groups -OCH3 is 1. The summed E-state index contributed by atoms with van der Waals surface area (Å²) in [6, 6.07) is 0. The first kappa shape index (κ1) is 13.1. The molecule has 82 valence electrons. The molecular formula is C10H19NO3. The third kappa shape index (κ3) is 6.62. The smallest absolute Gasteiger partial charge is 0.330 e. The fraction of sp³-hybridized carbons (Fsp3) is 0.700. The van der Waals surface area contributed by atoms with Gasteiger partial charge >= 0.3 is 5.97 Å². The summed E-state index contributed by atoms with van der Waals surface area (Å²) in [5.74, 6) is -0.421. The van der Waals surface area contributed by atoms with Crippen molar-refractivity contribution in [3.63, 3.8) is 0 Å². The molecule has 1 unspecified atom stereocenters. The van der Waals surface area contributed by atoms with E-state index in [4.69, 9.17) is 9.84 Å². The Morgan fingerprint density at radius 3 is 2.79 bits per heavy atom. The van der Waals surface area contributed by atoms with Crippen LogP contribution in [0, 0.1) is 5.92 Å². The van der Waals surface area contributed by atoms with Crippen molar-refractivity contribution in [2.45, 2.75) is 13.8 Å². The minimum atomic E-state index is -0.864. The summed E-state index contributed by atoms with van der Waals surface area (Å²) in [5.41, 5.74) is 0.372. The van der Waals surface area contributed by atoms with Crippen molar-refractivity contribution in [2.75, 3.05) is 26.8 Å². The monoisotopic (exact) mass is 201 g/mol. The van der Waals surface area contributed by atoms with Gasteiger partial charge in [-0.2, -0.15) is 0 Å². The van der Waals surface area contributed by atoms with E-state index in [-0.39, 0.29) is 0 Å². The second-order valence-corrected chi connectivity index (χ2v) is 3.41. The lowest BCUT2D eigenvalue weighted by atomic mass is 10.2. The highest BCUT2D eigenvalue weighted by Crippen LogP contribution is 1.93. The van der Waals surface area contributed by atoms with E-state index < -0.39 is 5.97 Å². The molecule has 0 aromatic rings. The van der Waals surface area contributed by atoms with E-state index in [0.717, 1.165) is 6.54 Å². The molecule has 0 aromatic carbocycles. The first-order chi connectivity index (χ1) is 6.57. The Labute approximate surface area is 85.0 Å². The maximum Gasteiger partial charge on any atom is 0.330 e. The second kappa shape index (κ2) is 7.53. The Morgan fingerprint density at radius 1 is 1.64 bits per heavy atom. The number of carboxylic acid groups (broad SMARTS) is 1. The number of hydrogen-bond acceptors (Lipinski definition) is 3. The number of aliphatic carboxylic acids is 1. The van der Waals surface area contributed by atoms with Gasteiger partial charge in [-0.25, -0.2) is 4.79 Å². The normalized spacial score (nSPS) is 14.1. The standard InChI is InChI=1S/C10H19NO3/c1-8(7-14-3)6-11-5-4-9(2)10(12)13/h4,8,11H,5-7H2,1-3H3,(H,12,13)/b9-4-. The van der Waals surface area contributed by atoms with Crippen molar-refractivity contribution in [1.82, 2.24) is 5.32 Å². The van der Waals surface area contributed by atoms with Crippen LogP contribution < -0.4 is 5.32 Å². The van der Waals surface area contributed by atoms with Crippen molar-refractivity contribution in [3.8, 4) is 0 Å². The van der Waals surface area contributed by atoms with E-state index in [1.165, 1.54) is 0 Å². The maximum atomic E-state index is 10.4. The summed E-state index contributed by atoms with van der Waals surface area (Å²) < 4.78 is 4.97. The summed E-state index contributed by atoms with van der Waals surface area (Å²) in [6.07, 6.45) is 1.67. The fourth-order valence-corrected chi connectivity index (χ4v) is 0.986. The topological polar surface area (TPSA) is 58.6 Å². The lowest BCUT2D eigenvalue weighted by Gasteiger charge is -2.09. The van der Waals surface area contributed by atoms with Gasteiger partial charge in [0.2, 0.25) is 0 Å². The first-order valence-electron chi connectivity index (χ1n) is 4.67. The molecule has 0 aliphatic heterocycles. The van der Waals surface area contributed by atoms with Gasteiger partial charge in [-0.3, -0.25) is 0 Å². The minimum absolute atomic E-state index is 0.372. The van der Waals surface area contributed by atoms with Crippen LogP contribution in [0.2, 0.25) is 0 Å². The molecular weight excluding hydrogens is 182 g/mol. The maximum absolute atomic E-state index is 10.4. The molecule has 0 rings (SSSR count). The molecule has 0 bridgehead atoms. The van der Waals surface area contributed by atoms with Gasteiger partial charge in [-0.1, -0.05) is 13.0 Å². The zero-order valence-corrected chi connectivity index (χ0v) is 9.04.